The number of halogens is 1. The number of rotatable bonds is 5. The maximum absolute atomic E-state index is 13.6. The van der Waals surface area contributed by atoms with Gasteiger partial charge in [-0.2, -0.15) is 5.10 Å². The molecule has 3 aromatic rings. The van der Waals surface area contributed by atoms with Crippen LogP contribution in [-0.2, 0) is 6.42 Å². The molecule has 3 heterocycles. The van der Waals surface area contributed by atoms with Crippen LogP contribution in [0.25, 0.3) is 16.8 Å². The van der Waals surface area contributed by atoms with Gasteiger partial charge >= 0.3 is 0 Å². The van der Waals surface area contributed by atoms with Gasteiger partial charge in [0, 0.05) is 11.9 Å². The Bertz CT molecular complexity index is 831. The lowest BCUT2D eigenvalue weighted by Crippen LogP contribution is -2.02. The molecular weight excluding hydrogens is 295 g/mol. The van der Waals surface area contributed by atoms with E-state index >= 15 is 0 Å². The van der Waals surface area contributed by atoms with Crippen molar-refractivity contribution in [3.8, 4) is 17.0 Å². The topological polar surface area (TPSA) is 52.3 Å². The van der Waals surface area contributed by atoms with E-state index in [4.69, 9.17) is 9.72 Å². The second-order valence-corrected chi connectivity index (χ2v) is 5.67. The molecule has 0 N–H and O–H groups in total. The van der Waals surface area contributed by atoms with E-state index in [0.29, 0.717) is 28.6 Å². The fourth-order valence-electron chi connectivity index (χ4n) is 2.49. The summed E-state index contributed by atoms with van der Waals surface area (Å²) < 4.78 is 20.5. The molecule has 0 saturated carbocycles. The van der Waals surface area contributed by atoms with Crippen LogP contribution in [0.3, 0.4) is 0 Å². The Morgan fingerprint density at radius 3 is 2.87 bits per heavy atom. The standard InChI is InChI=1S/C17H19FN4O/c1-4-11(2)7-13-5-6-22-16(21-13)15(10-20-22)14-8-12(18)9-19-17(14)23-3/h5-6,8-11H,4,7H2,1-3H3. The monoisotopic (exact) mass is 314 g/mol. The molecule has 0 bridgehead atoms. The van der Waals surface area contributed by atoms with Crippen LogP contribution in [0, 0.1) is 11.7 Å². The summed E-state index contributed by atoms with van der Waals surface area (Å²) in [7, 11) is 1.51. The molecule has 23 heavy (non-hydrogen) atoms. The Morgan fingerprint density at radius 2 is 2.13 bits per heavy atom. The minimum absolute atomic E-state index is 0.357. The van der Waals surface area contributed by atoms with Gasteiger partial charge in [-0.05, 0) is 24.5 Å². The summed E-state index contributed by atoms with van der Waals surface area (Å²) in [6, 6.07) is 3.36. The van der Waals surface area contributed by atoms with Crippen LogP contribution in [0.15, 0.2) is 30.7 Å². The van der Waals surface area contributed by atoms with E-state index in [9.17, 15) is 4.39 Å². The van der Waals surface area contributed by atoms with Gasteiger partial charge in [-0.3, -0.25) is 0 Å². The number of nitrogens with zero attached hydrogens (tertiary/aromatic N) is 4. The second kappa shape index (κ2) is 6.32. The maximum atomic E-state index is 13.6. The van der Waals surface area contributed by atoms with Crippen LogP contribution < -0.4 is 4.74 Å². The largest absolute Gasteiger partial charge is 0.481 e. The van der Waals surface area contributed by atoms with Crippen molar-refractivity contribution in [2.45, 2.75) is 26.7 Å². The van der Waals surface area contributed by atoms with Crippen LogP contribution in [-0.4, -0.2) is 26.7 Å². The Balaban J connectivity index is 2.11. The highest BCUT2D eigenvalue weighted by molar-refractivity contribution is 5.80. The molecule has 0 radical (unpaired) electrons. The molecule has 0 spiro atoms. The van der Waals surface area contributed by atoms with Crippen molar-refractivity contribution in [3.05, 3.63) is 42.2 Å². The maximum Gasteiger partial charge on any atom is 0.221 e. The van der Waals surface area contributed by atoms with Gasteiger partial charge in [-0.25, -0.2) is 18.9 Å². The lowest BCUT2D eigenvalue weighted by Gasteiger charge is -2.09. The van der Waals surface area contributed by atoms with Crippen molar-refractivity contribution in [3.63, 3.8) is 0 Å². The van der Waals surface area contributed by atoms with Gasteiger partial charge in [-0.1, -0.05) is 20.3 Å². The number of hydrogen-bond donors (Lipinski definition) is 0. The van der Waals surface area contributed by atoms with Crippen LogP contribution in [0.2, 0.25) is 0 Å². The van der Waals surface area contributed by atoms with Gasteiger partial charge in [0.15, 0.2) is 5.65 Å². The average Bonchev–Trinajstić information content (AvgIpc) is 2.97. The summed E-state index contributed by atoms with van der Waals surface area (Å²) in [4.78, 5) is 8.68. The summed E-state index contributed by atoms with van der Waals surface area (Å²) in [6.45, 7) is 4.36. The zero-order valence-electron chi connectivity index (χ0n) is 13.5. The predicted molar refractivity (Wildman–Crippen MR) is 85.9 cm³/mol. The molecule has 0 aliphatic heterocycles. The summed E-state index contributed by atoms with van der Waals surface area (Å²) in [5.41, 5.74) is 2.93. The summed E-state index contributed by atoms with van der Waals surface area (Å²) >= 11 is 0. The number of fused-ring (bicyclic) bond motifs is 1. The Hall–Kier alpha value is -2.50. The number of pyridine rings is 1. The van der Waals surface area contributed by atoms with Crippen LogP contribution in [0.1, 0.15) is 26.0 Å². The normalized spacial score (nSPS) is 12.5. The lowest BCUT2D eigenvalue weighted by atomic mass is 10.0. The van der Waals surface area contributed by atoms with Gasteiger partial charge in [0.05, 0.1) is 30.6 Å². The van der Waals surface area contributed by atoms with Crippen molar-refractivity contribution in [2.24, 2.45) is 5.92 Å². The first kappa shape index (κ1) is 15.4. The van der Waals surface area contributed by atoms with E-state index in [1.54, 1.807) is 10.7 Å². The van der Waals surface area contributed by atoms with Crippen molar-refractivity contribution in [1.82, 2.24) is 19.6 Å². The molecule has 1 unspecified atom stereocenters. The molecule has 3 aromatic heterocycles. The molecule has 0 aromatic carbocycles. The van der Waals surface area contributed by atoms with Crippen molar-refractivity contribution in [1.29, 1.82) is 0 Å². The summed E-state index contributed by atoms with van der Waals surface area (Å²) in [6.07, 6.45) is 6.67. The predicted octanol–water partition coefficient (Wildman–Crippen LogP) is 3.53. The molecular formula is C17H19FN4O. The third-order valence-electron chi connectivity index (χ3n) is 3.98. The fraction of sp³-hybridized carbons (Fsp3) is 0.353. The Morgan fingerprint density at radius 1 is 1.30 bits per heavy atom. The van der Waals surface area contributed by atoms with Crippen LogP contribution >= 0.6 is 0 Å². The van der Waals surface area contributed by atoms with Gasteiger partial charge < -0.3 is 4.74 Å². The smallest absolute Gasteiger partial charge is 0.221 e. The molecule has 0 fully saturated rings. The highest BCUT2D eigenvalue weighted by Crippen LogP contribution is 2.31. The first-order chi connectivity index (χ1) is 11.1. The SMILES string of the molecule is CCC(C)Cc1ccn2ncc(-c3cc(F)cnc3OC)c2n1. The van der Waals surface area contributed by atoms with Crippen molar-refractivity contribution >= 4 is 5.65 Å². The average molecular weight is 314 g/mol. The van der Waals surface area contributed by atoms with E-state index in [2.05, 4.69) is 23.9 Å². The van der Waals surface area contributed by atoms with Crippen molar-refractivity contribution < 1.29 is 9.13 Å². The first-order valence-electron chi connectivity index (χ1n) is 7.65. The van der Waals surface area contributed by atoms with Crippen LogP contribution in [0.4, 0.5) is 4.39 Å². The molecule has 1 atom stereocenters. The molecule has 0 aliphatic carbocycles. The zero-order valence-corrected chi connectivity index (χ0v) is 13.5. The minimum Gasteiger partial charge on any atom is -0.481 e. The number of hydrogen-bond acceptors (Lipinski definition) is 4. The molecule has 120 valence electrons. The van der Waals surface area contributed by atoms with Crippen LogP contribution in [0.5, 0.6) is 5.88 Å². The van der Waals surface area contributed by atoms with E-state index < -0.39 is 5.82 Å². The lowest BCUT2D eigenvalue weighted by molar-refractivity contribution is 0.398. The number of aromatic nitrogens is 4. The number of methoxy groups -OCH3 is 1. The summed E-state index contributed by atoms with van der Waals surface area (Å²) in [5, 5.41) is 4.29. The number of ether oxygens (including phenoxy) is 1. The zero-order chi connectivity index (χ0) is 16.4. The highest BCUT2D eigenvalue weighted by atomic mass is 19.1. The third kappa shape index (κ3) is 3.02. The first-order valence-corrected chi connectivity index (χ1v) is 7.65. The second-order valence-electron chi connectivity index (χ2n) is 5.67. The molecule has 0 saturated heterocycles. The van der Waals surface area contributed by atoms with Crippen molar-refractivity contribution in [2.75, 3.05) is 7.11 Å². The minimum atomic E-state index is -0.420. The van der Waals surface area contributed by atoms with E-state index in [-0.39, 0.29) is 0 Å². The Kier molecular flexibility index (Phi) is 4.23. The molecule has 6 heteroatoms. The summed E-state index contributed by atoms with van der Waals surface area (Å²) in [5.74, 6) is 0.494. The van der Waals surface area contributed by atoms with E-state index in [0.717, 1.165) is 24.7 Å². The van der Waals surface area contributed by atoms with Gasteiger partial charge in [0.25, 0.3) is 0 Å². The van der Waals surface area contributed by atoms with E-state index in [1.165, 1.54) is 13.2 Å². The van der Waals surface area contributed by atoms with Gasteiger partial charge in [0.2, 0.25) is 5.88 Å². The quantitative estimate of drug-likeness (QED) is 0.723. The highest BCUT2D eigenvalue weighted by Gasteiger charge is 2.16. The third-order valence-corrected chi connectivity index (χ3v) is 3.98. The van der Waals surface area contributed by atoms with Gasteiger partial charge in [0.1, 0.15) is 5.82 Å². The Labute approximate surface area is 134 Å². The van der Waals surface area contributed by atoms with E-state index in [1.807, 2.05) is 12.3 Å². The molecule has 0 amide bonds. The molecule has 5 nitrogen and oxygen atoms in total. The molecule has 3 rings (SSSR count). The molecule has 0 aliphatic rings. The fourth-order valence-corrected chi connectivity index (χ4v) is 2.49. The van der Waals surface area contributed by atoms with Gasteiger partial charge in [-0.15, -0.1) is 0 Å².